The second-order valence-electron chi connectivity index (χ2n) is 4.84. The average Bonchev–Trinajstić information content (AvgIpc) is 2.86. The minimum Gasteiger partial charge on any atom is -0.312 e. The van der Waals surface area contributed by atoms with Gasteiger partial charge in [-0.05, 0) is 49.2 Å². The van der Waals surface area contributed by atoms with Gasteiger partial charge in [-0.3, -0.25) is 4.72 Å². The van der Waals surface area contributed by atoms with E-state index in [2.05, 4.69) is 10.0 Å². The van der Waals surface area contributed by atoms with E-state index in [0.717, 1.165) is 30.0 Å². The van der Waals surface area contributed by atoms with Crippen molar-refractivity contribution < 1.29 is 8.42 Å². The number of anilines is 1. The molecule has 106 valence electrons. The Hall–Kier alpha value is -1.37. The highest BCUT2D eigenvalue weighted by molar-refractivity contribution is 7.94. The van der Waals surface area contributed by atoms with Gasteiger partial charge in [0, 0.05) is 11.4 Å². The highest BCUT2D eigenvalue weighted by Crippen LogP contribution is 2.27. The number of nitrogens with one attached hydrogen (secondary N) is 2. The van der Waals surface area contributed by atoms with Crippen LogP contribution in [-0.4, -0.2) is 15.0 Å². The second kappa shape index (κ2) is 5.20. The summed E-state index contributed by atoms with van der Waals surface area (Å²) >= 11 is 1.29. The summed E-state index contributed by atoms with van der Waals surface area (Å²) in [5, 5.41) is 3.29. The van der Waals surface area contributed by atoms with Crippen LogP contribution in [0.5, 0.6) is 0 Å². The Kier molecular flexibility index (Phi) is 3.54. The monoisotopic (exact) mass is 308 g/mol. The normalized spacial score (nSPS) is 14.8. The summed E-state index contributed by atoms with van der Waals surface area (Å²) in [5.41, 5.74) is 2.97. The third kappa shape index (κ3) is 2.59. The molecule has 2 aromatic rings. The molecule has 1 aromatic carbocycles. The molecule has 0 unspecified atom stereocenters. The van der Waals surface area contributed by atoms with Crippen LogP contribution >= 0.6 is 11.3 Å². The van der Waals surface area contributed by atoms with Crippen LogP contribution in [0.25, 0.3) is 0 Å². The Morgan fingerprint density at radius 3 is 2.85 bits per heavy atom. The van der Waals surface area contributed by atoms with E-state index in [9.17, 15) is 8.42 Å². The fraction of sp³-hybridized carbons (Fsp3) is 0.286. The standard InChI is InChI=1S/C14H16N2O2S2/c1-10-5-6-14(19-10)20(17,18)16-13-4-2-3-11-9-15-8-7-12(11)13/h2-6,15-16H,7-9H2,1H3. The van der Waals surface area contributed by atoms with Crippen molar-refractivity contribution in [3.05, 3.63) is 46.3 Å². The average molecular weight is 308 g/mol. The first-order valence-corrected chi connectivity index (χ1v) is 8.77. The van der Waals surface area contributed by atoms with E-state index in [0.29, 0.717) is 9.90 Å². The van der Waals surface area contributed by atoms with Gasteiger partial charge in [-0.1, -0.05) is 12.1 Å². The molecule has 1 aliphatic rings. The fourth-order valence-corrected chi connectivity index (χ4v) is 4.76. The van der Waals surface area contributed by atoms with Crippen molar-refractivity contribution in [2.75, 3.05) is 11.3 Å². The lowest BCUT2D eigenvalue weighted by Crippen LogP contribution is -2.25. The molecule has 0 radical (unpaired) electrons. The molecule has 3 rings (SSSR count). The number of hydrogen-bond donors (Lipinski definition) is 2. The van der Waals surface area contributed by atoms with Crippen LogP contribution in [0.2, 0.25) is 0 Å². The van der Waals surface area contributed by atoms with E-state index in [1.165, 1.54) is 16.9 Å². The first-order chi connectivity index (χ1) is 9.56. The summed E-state index contributed by atoms with van der Waals surface area (Å²) < 4.78 is 27.9. The van der Waals surface area contributed by atoms with Crippen LogP contribution < -0.4 is 10.0 Å². The summed E-state index contributed by atoms with van der Waals surface area (Å²) in [6, 6.07) is 9.24. The molecule has 0 fully saturated rings. The molecule has 1 aromatic heterocycles. The molecular weight excluding hydrogens is 292 g/mol. The molecule has 0 atom stereocenters. The van der Waals surface area contributed by atoms with E-state index in [1.807, 2.05) is 31.2 Å². The molecule has 6 heteroatoms. The Morgan fingerprint density at radius 1 is 1.25 bits per heavy atom. The van der Waals surface area contributed by atoms with Crippen LogP contribution in [0.15, 0.2) is 34.5 Å². The summed E-state index contributed by atoms with van der Waals surface area (Å²) in [6.45, 7) is 3.58. The highest BCUT2D eigenvalue weighted by atomic mass is 32.2. The molecule has 0 amide bonds. The summed E-state index contributed by atoms with van der Waals surface area (Å²) in [5.74, 6) is 0. The fourth-order valence-electron chi connectivity index (χ4n) is 2.38. The van der Waals surface area contributed by atoms with Crippen molar-refractivity contribution in [2.45, 2.75) is 24.1 Å². The first-order valence-electron chi connectivity index (χ1n) is 6.47. The third-order valence-electron chi connectivity index (χ3n) is 3.37. The zero-order chi connectivity index (χ0) is 14.2. The second-order valence-corrected chi connectivity index (χ2v) is 8.04. The minimum absolute atomic E-state index is 0.363. The van der Waals surface area contributed by atoms with Crippen molar-refractivity contribution in [3.63, 3.8) is 0 Å². The van der Waals surface area contributed by atoms with Crippen LogP contribution in [0.4, 0.5) is 5.69 Å². The molecule has 0 bridgehead atoms. The van der Waals surface area contributed by atoms with Gasteiger partial charge < -0.3 is 5.32 Å². The SMILES string of the molecule is Cc1ccc(S(=O)(=O)Nc2cccc3c2CCNC3)s1. The lowest BCUT2D eigenvalue weighted by molar-refractivity contribution is 0.602. The predicted molar refractivity (Wildman–Crippen MR) is 81.7 cm³/mol. The van der Waals surface area contributed by atoms with Gasteiger partial charge in [-0.15, -0.1) is 11.3 Å². The van der Waals surface area contributed by atoms with Gasteiger partial charge >= 0.3 is 0 Å². The minimum atomic E-state index is -3.48. The molecule has 0 spiro atoms. The summed E-state index contributed by atoms with van der Waals surface area (Å²) in [6.07, 6.45) is 0.845. The number of aryl methyl sites for hydroxylation is 1. The zero-order valence-corrected chi connectivity index (χ0v) is 12.8. The highest BCUT2D eigenvalue weighted by Gasteiger charge is 2.20. The maximum absolute atomic E-state index is 12.4. The van der Waals surface area contributed by atoms with E-state index < -0.39 is 10.0 Å². The topological polar surface area (TPSA) is 58.2 Å². The number of rotatable bonds is 3. The van der Waals surface area contributed by atoms with Crippen molar-refractivity contribution in [1.82, 2.24) is 5.32 Å². The molecule has 0 saturated carbocycles. The van der Waals surface area contributed by atoms with E-state index in [4.69, 9.17) is 0 Å². The predicted octanol–water partition coefficient (Wildman–Crippen LogP) is 2.50. The van der Waals surface area contributed by atoms with Crippen molar-refractivity contribution in [2.24, 2.45) is 0 Å². The molecule has 2 N–H and O–H groups in total. The summed E-state index contributed by atoms with van der Waals surface area (Å²) in [7, 11) is -3.48. The van der Waals surface area contributed by atoms with Crippen molar-refractivity contribution in [1.29, 1.82) is 0 Å². The number of thiophene rings is 1. The van der Waals surface area contributed by atoms with Gasteiger partial charge in [0.2, 0.25) is 0 Å². The molecule has 1 aliphatic heterocycles. The maximum Gasteiger partial charge on any atom is 0.271 e. The third-order valence-corrected chi connectivity index (χ3v) is 6.22. The number of sulfonamides is 1. The van der Waals surface area contributed by atoms with Crippen LogP contribution in [-0.2, 0) is 23.0 Å². The van der Waals surface area contributed by atoms with Crippen LogP contribution in [0.1, 0.15) is 16.0 Å². The molecule has 0 saturated heterocycles. The van der Waals surface area contributed by atoms with Gasteiger partial charge in [0.05, 0.1) is 5.69 Å². The van der Waals surface area contributed by atoms with Gasteiger partial charge in [0.15, 0.2) is 0 Å². The Balaban J connectivity index is 1.95. The lowest BCUT2D eigenvalue weighted by Gasteiger charge is -2.20. The molecule has 4 nitrogen and oxygen atoms in total. The van der Waals surface area contributed by atoms with Gasteiger partial charge in [-0.2, -0.15) is 0 Å². The lowest BCUT2D eigenvalue weighted by atomic mass is 9.99. The smallest absolute Gasteiger partial charge is 0.271 e. The van der Waals surface area contributed by atoms with Crippen LogP contribution in [0.3, 0.4) is 0 Å². The summed E-state index contributed by atoms with van der Waals surface area (Å²) in [4.78, 5) is 0.990. The number of hydrogen-bond acceptors (Lipinski definition) is 4. The Labute approximate surface area is 122 Å². The molecule has 2 heterocycles. The van der Waals surface area contributed by atoms with Gasteiger partial charge in [0.1, 0.15) is 4.21 Å². The first kappa shape index (κ1) is 13.6. The van der Waals surface area contributed by atoms with E-state index in [-0.39, 0.29) is 0 Å². The molecule has 20 heavy (non-hydrogen) atoms. The zero-order valence-electron chi connectivity index (χ0n) is 11.1. The maximum atomic E-state index is 12.4. The van der Waals surface area contributed by atoms with E-state index in [1.54, 1.807) is 6.07 Å². The Bertz CT molecular complexity index is 735. The van der Waals surface area contributed by atoms with Crippen LogP contribution in [0, 0.1) is 6.92 Å². The van der Waals surface area contributed by atoms with Crippen molar-refractivity contribution in [3.8, 4) is 0 Å². The van der Waals surface area contributed by atoms with Crippen molar-refractivity contribution >= 4 is 27.0 Å². The quantitative estimate of drug-likeness (QED) is 0.916. The van der Waals surface area contributed by atoms with E-state index >= 15 is 0 Å². The molecular formula is C14H16N2O2S2. The Morgan fingerprint density at radius 2 is 2.10 bits per heavy atom. The largest absolute Gasteiger partial charge is 0.312 e. The van der Waals surface area contributed by atoms with Gasteiger partial charge in [0.25, 0.3) is 10.0 Å². The number of benzene rings is 1. The molecule has 0 aliphatic carbocycles. The number of fused-ring (bicyclic) bond motifs is 1. The van der Waals surface area contributed by atoms with Gasteiger partial charge in [-0.25, -0.2) is 8.42 Å².